The predicted octanol–water partition coefficient (Wildman–Crippen LogP) is 2.16. The molecule has 1 aromatic rings. The van der Waals surface area contributed by atoms with Gasteiger partial charge in [0.2, 0.25) is 10.0 Å². The maximum atomic E-state index is 12.8. The summed E-state index contributed by atoms with van der Waals surface area (Å²) in [7, 11) is -3.70. The van der Waals surface area contributed by atoms with Crippen LogP contribution in [0.4, 0.5) is 5.69 Å². The van der Waals surface area contributed by atoms with Crippen molar-refractivity contribution in [2.45, 2.75) is 43.5 Å². The SMILES string of the molecule is Cc1c(N)cc(S(=O)(=O)N(CCO)C2CCCC2)cc1Cl. The van der Waals surface area contributed by atoms with Gasteiger partial charge in [-0.1, -0.05) is 24.4 Å². The fourth-order valence-electron chi connectivity index (χ4n) is 2.75. The second-order valence-electron chi connectivity index (χ2n) is 5.40. The van der Waals surface area contributed by atoms with Gasteiger partial charge in [0.05, 0.1) is 11.5 Å². The summed E-state index contributed by atoms with van der Waals surface area (Å²) in [5.74, 6) is 0. The summed E-state index contributed by atoms with van der Waals surface area (Å²) in [6.45, 7) is 1.64. The van der Waals surface area contributed by atoms with E-state index in [1.807, 2.05) is 0 Å². The Balaban J connectivity index is 2.42. The van der Waals surface area contributed by atoms with Crippen LogP contribution in [-0.2, 0) is 10.0 Å². The number of aliphatic hydroxyl groups is 1. The molecular formula is C14H21ClN2O3S. The van der Waals surface area contributed by atoms with E-state index in [1.165, 1.54) is 16.4 Å². The highest BCUT2D eigenvalue weighted by atomic mass is 35.5. The number of nitrogens with zero attached hydrogens (tertiary/aromatic N) is 1. The molecule has 0 amide bonds. The van der Waals surface area contributed by atoms with Crippen LogP contribution in [0, 0.1) is 6.92 Å². The third-order valence-corrected chi connectivity index (χ3v) is 6.34. The van der Waals surface area contributed by atoms with Gasteiger partial charge in [-0.3, -0.25) is 0 Å². The van der Waals surface area contributed by atoms with Crippen molar-refractivity contribution in [3.8, 4) is 0 Å². The molecule has 0 aliphatic heterocycles. The van der Waals surface area contributed by atoms with Gasteiger partial charge >= 0.3 is 0 Å². The predicted molar refractivity (Wildman–Crippen MR) is 83.8 cm³/mol. The van der Waals surface area contributed by atoms with E-state index < -0.39 is 10.0 Å². The first-order chi connectivity index (χ1) is 9.87. The lowest BCUT2D eigenvalue weighted by Crippen LogP contribution is -2.40. The highest BCUT2D eigenvalue weighted by Crippen LogP contribution is 2.31. The normalized spacial score (nSPS) is 16.8. The Morgan fingerprint density at radius 3 is 2.52 bits per heavy atom. The van der Waals surface area contributed by atoms with Crippen molar-refractivity contribution in [1.82, 2.24) is 4.31 Å². The van der Waals surface area contributed by atoms with Crippen LogP contribution in [-0.4, -0.2) is 37.0 Å². The molecule has 2 rings (SSSR count). The number of halogens is 1. The van der Waals surface area contributed by atoms with Gasteiger partial charge in [0.25, 0.3) is 0 Å². The second-order valence-corrected chi connectivity index (χ2v) is 7.69. The minimum atomic E-state index is -3.70. The van der Waals surface area contributed by atoms with Crippen molar-refractivity contribution in [2.24, 2.45) is 0 Å². The van der Waals surface area contributed by atoms with Gasteiger partial charge in [-0.15, -0.1) is 0 Å². The van der Waals surface area contributed by atoms with Crippen molar-refractivity contribution in [1.29, 1.82) is 0 Å². The van der Waals surface area contributed by atoms with E-state index in [1.54, 1.807) is 6.92 Å². The smallest absolute Gasteiger partial charge is 0.243 e. The van der Waals surface area contributed by atoms with Gasteiger partial charge in [0, 0.05) is 23.3 Å². The molecule has 0 aromatic heterocycles. The lowest BCUT2D eigenvalue weighted by molar-refractivity contribution is 0.226. The average Bonchev–Trinajstić information content (AvgIpc) is 2.95. The van der Waals surface area contributed by atoms with E-state index in [-0.39, 0.29) is 24.1 Å². The molecule has 1 aromatic carbocycles. The zero-order chi connectivity index (χ0) is 15.6. The molecule has 1 aliphatic carbocycles. The summed E-state index contributed by atoms with van der Waals surface area (Å²) < 4.78 is 27.0. The minimum absolute atomic E-state index is 0.0524. The molecule has 1 fully saturated rings. The van der Waals surface area contributed by atoms with Gasteiger partial charge in [0.1, 0.15) is 0 Å². The number of benzene rings is 1. The molecule has 5 nitrogen and oxygen atoms in total. The van der Waals surface area contributed by atoms with Crippen molar-refractivity contribution < 1.29 is 13.5 Å². The minimum Gasteiger partial charge on any atom is -0.398 e. The zero-order valence-corrected chi connectivity index (χ0v) is 13.6. The molecule has 1 aliphatic rings. The number of hydrogen-bond donors (Lipinski definition) is 2. The van der Waals surface area contributed by atoms with Crippen molar-refractivity contribution in [2.75, 3.05) is 18.9 Å². The third kappa shape index (κ3) is 3.34. The fraction of sp³-hybridized carbons (Fsp3) is 0.571. The first-order valence-corrected chi connectivity index (χ1v) is 8.88. The van der Waals surface area contributed by atoms with Crippen LogP contribution in [0.15, 0.2) is 17.0 Å². The molecule has 118 valence electrons. The van der Waals surface area contributed by atoms with Crippen LogP contribution >= 0.6 is 11.6 Å². The Bertz CT molecular complexity index is 590. The second kappa shape index (κ2) is 6.52. The molecule has 7 heteroatoms. The summed E-state index contributed by atoms with van der Waals surface area (Å²) in [4.78, 5) is 0.0935. The number of nitrogen functional groups attached to an aromatic ring is 1. The van der Waals surface area contributed by atoms with Gasteiger partial charge < -0.3 is 10.8 Å². The number of rotatable bonds is 5. The number of sulfonamides is 1. The summed E-state index contributed by atoms with van der Waals surface area (Å²) in [5, 5.41) is 9.54. The summed E-state index contributed by atoms with van der Waals surface area (Å²) in [5.41, 5.74) is 6.86. The quantitative estimate of drug-likeness (QED) is 0.809. The Labute approximate surface area is 130 Å². The lowest BCUT2D eigenvalue weighted by atomic mass is 10.2. The van der Waals surface area contributed by atoms with Crippen LogP contribution in [0.25, 0.3) is 0 Å². The molecule has 0 atom stereocenters. The Kier molecular flexibility index (Phi) is 5.14. The van der Waals surface area contributed by atoms with Crippen LogP contribution in [0.3, 0.4) is 0 Å². The van der Waals surface area contributed by atoms with Gasteiger partial charge in [-0.2, -0.15) is 4.31 Å². The standard InChI is InChI=1S/C14H21ClN2O3S/c1-10-13(15)8-12(9-14(10)16)21(19,20)17(6-7-18)11-4-2-3-5-11/h8-9,11,18H,2-7,16H2,1H3. The van der Waals surface area contributed by atoms with Gasteiger partial charge in [-0.25, -0.2) is 8.42 Å². The molecule has 1 saturated carbocycles. The van der Waals surface area contributed by atoms with E-state index in [4.69, 9.17) is 17.3 Å². The van der Waals surface area contributed by atoms with Crippen LogP contribution in [0.2, 0.25) is 5.02 Å². The molecule has 21 heavy (non-hydrogen) atoms. The van der Waals surface area contributed by atoms with E-state index in [2.05, 4.69) is 0 Å². The highest BCUT2D eigenvalue weighted by molar-refractivity contribution is 7.89. The molecule has 0 heterocycles. The van der Waals surface area contributed by atoms with E-state index >= 15 is 0 Å². The molecule has 0 unspecified atom stereocenters. The third-order valence-electron chi connectivity index (χ3n) is 4.02. The monoisotopic (exact) mass is 332 g/mol. The topological polar surface area (TPSA) is 83.6 Å². The molecule has 0 radical (unpaired) electrons. The first kappa shape index (κ1) is 16.5. The van der Waals surface area contributed by atoms with E-state index in [0.29, 0.717) is 16.3 Å². The van der Waals surface area contributed by atoms with Crippen molar-refractivity contribution in [3.63, 3.8) is 0 Å². The molecule has 0 saturated heterocycles. The number of anilines is 1. The molecule has 0 spiro atoms. The average molecular weight is 333 g/mol. The number of aliphatic hydroxyl groups excluding tert-OH is 1. The molecular weight excluding hydrogens is 312 g/mol. The fourth-order valence-corrected chi connectivity index (χ4v) is 4.78. The highest BCUT2D eigenvalue weighted by Gasteiger charge is 2.33. The maximum Gasteiger partial charge on any atom is 0.243 e. The largest absolute Gasteiger partial charge is 0.398 e. The van der Waals surface area contributed by atoms with Gasteiger partial charge in [0.15, 0.2) is 0 Å². The van der Waals surface area contributed by atoms with Crippen LogP contribution in [0.1, 0.15) is 31.2 Å². The zero-order valence-electron chi connectivity index (χ0n) is 12.0. The van der Waals surface area contributed by atoms with Crippen LogP contribution < -0.4 is 5.73 Å². The van der Waals surface area contributed by atoms with Crippen molar-refractivity contribution in [3.05, 3.63) is 22.7 Å². The van der Waals surface area contributed by atoms with Gasteiger partial charge in [-0.05, 0) is 37.5 Å². The molecule has 3 N–H and O–H groups in total. The van der Waals surface area contributed by atoms with Crippen molar-refractivity contribution >= 4 is 27.3 Å². The Hall–Kier alpha value is -0.820. The van der Waals surface area contributed by atoms with E-state index in [0.717, 1.165) is 25.7 Å². The number of nitrogens with two attached hydrogens (primary N) is 1. The Morgan fingerprint density at radius 2 is 2.00 bits per heavy atom. The summed E-state index contributed by atoms with van der Waals surface area (Å²) in [6.07, 6.45) is 3.68. The van der Waals surface area contributed by atoms with Crippen LogP contribution in [0.5, 0.6) is 0 Å². The summed E-state index contributed by atoms with van der Waals surface area (Å²) in [6, 6.07) is 2.82. The first-order valence-electron chi connectivity index (χ1n) is 7.06. The maximum absolute atomic E-state index is 12.8. The molecule has 0 bridgehead atoms. The summed E-state index contributed by atoms with van der Waals surface area (Å²) >= 11 is 6.05. The Morgan fingerprint density at radius 1 is 1.38 bits per heavy atom. The lowest BCUT2D eigenvalue weighted by Gasteiger charge is -2.27. The van der Waals surface area contributed by atoms with E-state index in [9.17, 15) is 13.5 Å². The number of hydrogen-bond acceptors (Lipinski definition) is 4.